The highest BCUT2D eigenvalue weighted by Crippen LogP contribution is 2.31. The van der Waals surface area contributed by atoms with E-state index in [4.69, 9.17) is 9.84 Å². The predicted octanol–water partition coefficient (Wildman–Crippen LogP) is -0.463. The van der Waals surface area contributed by atoms with Gasteiger partial charge in [0.25, 0.3) is 6.01 Å². The van der Waals surface area contributed by atoms with E-state index in [9.17, 15) is 9.59 Å². The van der Waals surface area contributed by atoms with Crippen molar-refractivity contribution >= 4 is 11.9 Å². The van der Waals surface area contributed by atoms with E-state index in [2.05, 4.69) is 10.3 Å². The number of carboxylic acid groups (broad SMARTS) is 1. The Morgan fingerprint density at radius 1 is 1.65 bits per heavy atom. The van der Waals surface area contributed by atoms with Crippen LogP contribution in [0.15, 0.2) is 6.20 Å². The maximum absolute atomic E-state index is 11.3. The van der Waals surface area contributed by atoms with Gasteiger partial charge in [-0.25, -0.2) is 0 Å². The third kappa shape index (κ3) is 1.54. The molecule has 0 aliphatic carbocycles. The van der Waals surface area contributed by atoms with Crippen LogP contribution in [0.5, 0.6) is 6.01 Å². The zero-order chi connectivity index (χ0) is 12.0. The van der Waals surface area contributed by atoms with E-state index in [1.807, 2.05) is 4.57 Å². The average Bonchev–Trinajstić information content (AvgIpc) is 2.87. The number of hydrogen-bond donors (Lipinski definition) is 2. The first-order valence-corrected chi connectivity index (χ1v) is 5.37. The van der Waals surface area contributed by atoms with Crippen LogP contribution in [0.3, 0.4) is 0 Å². The summed E-state index contributed by atoms with van der Waals surface area (Å²) in [4.78, 5) is 26.5. The molecule has 1 amide bonds. The maximum atomic E-state index is 11.3. The molecule has 2 atom stereocenters. The average molecular weight is 237 g/mol. The molecule has 1 aromatic heterocycles. The molecule has 90 valence electrons. The van der Waals surface area contributed by atoms with Gasteiger partial charge in [-0.1, -0.05) is 0 Å². The minimum absolute atomic E-state index is 0.00303. The van der Waals surface area contributed by atoms with Crippen molar-refractivity contribution in [2.75, 3.05) is 6.61 Å². The number of carbonyl (C=O) groups excluding carboxylic acids is 1. The molecule has 2 aliphatic rings. The fraction of sp³-hybridized carbons (Fsp3) is 0.500. The van der Waals surface area contributed by atoms with E-state index < -0.39 is 17.9 Å². The second-order valence-corrected chi connectivity index (χ2v) is 4.18. The number of amides is 1. The molecule has 2 unspecified atom stereocenters. The van der Waals surface area contributed by atoms with Crippen molar-refractivity contribution < 1.29 is 19.4 Å². The Bertz CT molecular complexity index is 474. The smallest absolute Gasteiger partial charge is 0.309 e. The highest BCUT2D eigenvalue weighted by Gasteiger charge is 2.40. The number of carbonyl (C=O) groups is 2. The van der Waals surface area contributed by atoms with Crippen molar-refractivity contribution in [3.8, 4) is 6.01 Å². The fourth-order valence-corrected chi connectivity index (χ4v) is 2.24. The van der Waals surface area contributed by atoms with E-state index in [0.717, 1.165) is 0 Å². The van der Waals surface area contributed by atoms with Gasteiger partial charge in [-0.15, -0.1) is 0 Å². The Morgan fingerprint density at radius 3 is 3.18 bits per heavy atom. The molecule has 0 saturated carbocycles. The van der Waals surface area contributed by atoms with Gasteiger partial charge in [-0.3, -0.25) is 14.2 Å². The van der Waals surface area contributed by atoms with Gasteiger partial charge >= 0.3 is 5.97 Å². The number of carboxylic acids is 1. The second kappa shape index (κ2) is 3.47. The van der Waals surface area contributed by atoms with E-state index in [1.54, 1.807) is 6.20 Å². The van der Waals surface area contributed by atoms with Crippen LogP contribution in [-0.4, -0.2) is 33.1 Å². The van der Waals surface area contributed by atoms with Crippen molar-refractivity contribution in [3.63, 3.8) is 0 Å². The number of ether oxygens (including phenoxy) is 1. The van der Waals surface area contributed by atoms with Crippen molar-refractivity contribution in [1.82, 2.24) is 14.9 Å². The van der Waals surface area contributed by atoms with Crippen LogP contribution >= 0.6 is 0 Å². The van der Waals surface area contributed by atoms with Gasteiger partial charge in [-0.2, -0.15) is 4.98 Å². The number of aromatic nitrogens is 2. The number of imidazole rings is 1. The van der Waals surface area contributed by atoms with Crippen LogP contribution in [0.4, 0.5) is 0 Å². The van der Waals surface area contributed by atoms with Gasteiger partial charge in [0, 0.05) is 12.6 Å². The van der Waals surface area contributed by atoms with Gasteiger partial charge in [0.05, 0.1) is 24.2 Å². The topological polar surface area (TPSA) is 93.5 Å². The quantitative estimate of drug-likeness (QED) is 0.725. The lowest BCUT2D eigenvalue weighted by Crippen LogP contribution is -2.24. The van der Waals surface area contributed by atoms with Crippen LogP contribution in [0.2, 0.25) is 0 Å². The minimum atomic E-state index is -0.984. The molecule has 2 N–H and O–H groups in total. The number of aliphatic carboxylic acids is 1. The molecule has 1 saturated heterocycles. The minimum Gasteiger partial charge on any atom is -0.481 e. The molecule has 0 radical (unpaired) electrons. The predicted molar refractivity (Wildman–Crippen MR) is 54.3 cm³/mol. The Labute approximate surface area is 96.4 Å². The zero-order valence-corrected chi connectivity index (χ0v) is 8.92. The molecule has 0 bridgehead atoms. The molecular weight excluding hydrogens is 226 g/mol. The molecule has 1 aromatic rings. The Hall–Kier alpha value is -2.05. The monoisotopic (exact) mass is 237 g/mol. The lowest BCUT2D eigenvalue weighted by atomic mass is 9.99. The Kier molecular flexibility index (Phi) is 2.07. The van der Waals surface area contributed by atoms with Crippen LogP contribution in [0.25, 0.3) is 0 Å². The summed E-state index contributed by atoms with van der Waals surface area (Å²) in [5.74, 6) is -1.99. The summed E-state index contributed by atoms with van der Waals surface area (Å²) in [7, 11) is 0. The van der Waals surface area contributed by atoms with Crippen molar-refractivity contribution in [3.05, 3.63) is 11.9 Å². The molecule has 2 aliphatic heterocycles. The van der Waals surface area contributed by atoms with Crippen molar-refractivity contribution in [2.24, 2.45) is 5.92 Å². The summed E-state index contributed by atoms with van der Waals surface area (Å²) < 4.78 is 7.07. The standard InChI is InChI=1S/C10H11N3O4/c14-7-3-5(9(15)16)8(12-7)6-4-13-1-2-17-10(13)11-6/h4-5,8H,1-3H2,(H,12,14)(H,15,16). The summed E-state index contributed by atoms with van der Waals surface area (Å²) in [6.45, 7) is 1.29. The van der Waals surface area contributed by atoms with Gasteiger partial charge < -0.3 is 15.2 Å². The third-order valence-electron chi connectivity index (χ3n) is 3.08. The van der Waals surface area contributed by atoms with Crippen LogP contribution in [0.1, 0.15) is 18.2 Å². The number of rotatable bonds is 2. The van der Waals surface area contributed by atoms with Crippen molar-refractivity contribution in [1.29, 1.82) is 0 Å². The SMILES string of the molecule is O=C1CC(C(=O)O)C(c2cn3c(n2)OCC3)N1. The summed E-state index contributed by atoms with van der Waals surface area (Å²) >= 11 is 0. The number of nitrogens with zero attached hydrogens (tertiary/aromatic N) is 2. The molecule has 1 fully saturated rings. The highest BCUT2D eigenvalue weighted by atomic mass is 16.5. The van der Waals surface area contributed by atoms with E-state index in [0.29, 0.717) is 24.9 Å². The summed E-state index contributed by atoms with van der Waals surface area (Å²) in [5.41, 5.74) is 0.554. The first-order valence-electron chi connectivity index (χ1n) is 5.37. The summed E-state index contributed by atoms with van der Waals surface area (Å²) in [6, 6.07) is -0.0630. The summed E-state index contributed by atoms with van der Waals surface area (Å²) in [5, 5.41) is 11.7. The van der Waals surface area contributed by atoms with E-state index in [1.165, 1.54) is 0 Å². The molecular formula is C10H11N3O4. The molecule has 3 rings (SSSR count). The van der Waals surface area contributed by atoms with E-state index in [-0.39, 0.29) is 12.3 Å². The molecule has 7 heteroatoms. The van der Waals surface area contributed by atoms with Gasteiger partial charge in [0.15, 0.2) is 0 Å². The third-order valence-corrected chi connectivity index (χ3v) is 3.08. The molecule has 7 nitrogen and oxygen atoms in total. The van der Waals surface area contributed by atoms with E-state index >= 15 is 0 Å². The van der Waals surface area contributed by atoms with Gasteiger partial charge in [-0.05, 0) is 0 Å². The molecule has 17 heavy (non-hydrogen) atoms. The first-order chi connectivity index (χ1) is 8.15. The van der Waals surface area contributed by atoms with Crippen LogP contribution in [-0.2, 0) is 16.1 Å². The normalized spacial score (nSPS) is 26.5. The lowest BCUT2D eigenvalue weighted by Gasteiger charge is -2.12. The van der Waals surface area contributed by atoms with Gasteiger partial charge in [0.1, 0.15) is 6.61 Å². The maximum Gasteiger partial charge on any atom is 0.309 e. The number of nitrogens with one attached hydrogen (secondary N) is 1. The van der Waals surface area contributed by atoms with Gasteiger partial charge in [0.2, 0.25) is 5.91 Å². The highest BCUT2D eigenvalue weighted by molar-refractivity contribution is 5.87. The molecule has 3 heterocycles. The summed E-state index contributed by atoms with van der Waals surface area (Å²) in [6.07, 6.45) is 1.75. The number of hydrogen-bond acceptors (Lipinski definition) is 4. The van der Waals surface area contributed by atoms with Crippen LogP contribution in [0, 0.1) is 5.92 Å². The molecule has 0 aromatic carbocycles. The Morgan fingerprint density at radius 2 is 2.47 bits per heavy atom. The Balaban J connectivity index is 1.91. The van der Waals surface area contributed by atoms with Crippen molar-refractivity contribution in [2.45, 2.75) is 19.0 Å². The fourth-order valence-electron chi connectivity index (χ4n) is 2.24. The zero-order valence-electron chi connectivity index (χ0n) is 8.92. The second-order valence-electron chi connectivity index (χ2n) is 4.18. The lowest BCUT2D eigenvalue weighted by molar-refractivity contribution is -0.142. The first kappa shape index (κ1) is 10.1. The van der Waals surface area contributed by atoms with Crippen LogP contribution < -0.4 is 10.1 Å². The number of fused-ring (bicyclic) bond motifs is 1. The molecule has 0 spiro atoms. The largest absolute Gasteiger partial charge is 0.481 e.